The highest BCUT2D eigenvalue weighted by Crippen LogP contribution is 2.25. The number of thiophene rings is 1. The number of hydrogen-bond acceptors (Lipinski definition) is 1. The Morgan fingerprint density at radius 2 is 2.00 bits per heavy atom. The van der Waals surface area contributed by atoms with Crippen molar-refractivity contribution in [2.24, 2.45) is 0 Å². The quantitative estimate of drug-likeness (QED) is 0.671. The second-order valence-corrected chi connectivity index (χ2v) is 3.70. The zero-order chi connectivity index (χ0) is 9.10. The molecular formula is C12H11S. The maximum Gasteiger partial charge on any atom is -0.00146 e. The van der Waals surface area contributed by atoms with Crippen LogP contribution in [0.5, 0.6) is 0 Å². The molecule has 2 aromatic rings. The maximum absolute atomic E-state index is 3.93. The van der Waals surface area contributed by atoms with Gasteiger partial charge in [0.15, 0.2) is 0 Å². The first-order valence-electron chi connectivity index (χ1n) is 4.31. The molecule has 1 heteroatoms. The molecule has 0 bridgehead atoms. The van der Waals surface area contributed by atoms with Crippen molar-refractivity contribution >= 4 is 11.3 Å². The Balaban J connectivity index is 2.51. The van der Waals surface area contributed by atoms with Crippen molar-refractivity contribution in [3.63, 3.8) is 0 Å². The molecule has 0 aliphatic rings. The number of benzene rings is 1. The molecule has 0 saturated carbocycles. The molecule has 1 aromatic heterocycles. The fourth-order valence-corrected chi connectivity index (χ4v) is 2.09. The molecule has 0 aliphatic heterocycles. The van der Waals surface area contributed by atoms with E-state index in [9.17, 15) is 0 Å². The average molecular weight is 187 g/mol. The third-order valence-electron chi connectivity index (χ3n) is 2.12. The lowest BCUT2D eigenvalue weighted by Crippen LogP contribution is -1.84. The van der Waals surface area contributed by atoms with Crippen LogP contribution in [0.25, 0.3) is 11.1 Å². The third kappa shape index (κ3) is 1.65. The summed E-state index contributed by atoms with van der Waals surface area (Å²) in [6, 6.07) is 10.6. The fraction of sp³-hybridized carbons (Fsp3) is 0.0833. The number of rotatable bonds is 2. The molecule has 0 saturated heterocycles. The van der Waals surface area contributed by atoms with Crippen molar-refractivity contribution < 1.29 is 0 Å². The van der Waals surface area contributed by atoms with Gasteiger partial charge in [0.05, 0.1) is 0 Å². The molecular weight excluding hydrogens is 176 g/mol. The van der Waals surface area contributed by atoms with E-state index in [2.05, 4.69) is 48.0 Å². The van der Waals surface area contributed by atoms with Gasteiger partial charge in [0.2, 0.25) is 0 Å². The van der Waals surface area contributed by atoms with E-state index in [1.54, 1.807) is 11.3 Å². The lowest BCUT2D eigenvalue weighted by Gasteiger charge is -2.04. The van der Waals surface area contributed by atoms with Gasteiger partial charge >= 0.3 is 0 Å². The first kappa shape index (κ1) is 8.52. The summed E-state index contributed by atoms with van der Waals surface area (Å²) in [5, 5.41) is 4.28. The molecule has 0 aliphatic carbocycles. The molecule has 65 valence electrons. The normalized spacial score (nSPS) is 10.2. The molecule has 0 unspecified atom stereocenters. The van der Waals surface area contributed by atoms with Crippen LogP contribution < -0.4 is 0 Å². The van der Waals surface area contributed by atoms with Crippen molar-refractivity contribution in [2.45, 2.75) is 6.42 Å². The van der Waals surface area contributed by atoms with Gasteiger partial charge in [0, 0.05) is 0 Å². The maximum atomic E-state index is 3.93. The van der Waals surface area contributed by atoms with Crippen LogP contribution in [0.4, 0.5) is 0 Å². The minimum Gasteiger partial charge on any atom is -0.152 e. The average Bonchev–Trinajstić information content (AvgIpc) is 2.70. The molecule has 0 spiro atoms. The molecule has 0 fully saturated rings. The first-order valence-corrected chi connectivity index (χ1v) is 5.26. The van der Waals surface area contributed by atoms with Crippen LogP contribution in [0.1, 0.15) is 5.56 Å². The van der Waals surface area contributed by atoms with Crippen LogP contribution in [0.3, 0.4) is 0 Å². The topological polar surface area (TPSA) is 0 Å². The van der Waals surface area contributed by atoms with Crippen LogP contribution >= 0.6 is 11.3 Å². The minimum atomic E-state index is 0.853. The highest BCUT2D eigenvalue weighted by atomic mass is 32.1. The molecule has 1 radical (unpaired) electrons. The van der Waals surface area contributed by atoms with Gasteiger partial charge in [0.1, 0.15) is 0 Å². The van der Waals surface area contributed by atoms with Crippen molar-refractivity contribution in [3.8, 4) is 11.1 Å². The fourth-order valence-electron chi connectivity index (χ4n) is 1.44. The van der Waals surface area contributed by atoms with E-state index >= 15 is 0 Å². The molecule has 0 amide bonds. The van der Waals surface area contributed by atoms with Gasteiger partial charge in [-0.2, -0.15) is 11.3 Å². The summed E-state index contributed by atoms with van der Waals surface area (Å²) >= 11 is 1.73. The second-order valence-electron chi connectivity index (χ2n) is 2.92. The summed E-state index contributed by atoms with van der Waals surface area (Å²) < 4.78 is 0. The predicted molar refractivity (Wildman–Crippen MR) is 58.8 cm³/mol. The molecule has 2 rings (SSSR count). The SMILES string of the molecule is [CH2]Cc1ccccc1-c1ccsc1. The van der Waals surface area contributed by atoms with E-state index in [0.717, 1.165) is 6.42 Å². The third-order valence-corrected chi connectivity index (χ3v) is 2.80. The van der Waals surface area contributed by atoms with E-state index in [-0.39, 0.29) is 0 Å². The summed E-state index contributed by atoms with van der Waals surface area (Å²) in [6.07, 6.45) is 0.853. The van der Waals surface area contributed by atoms with Crippen LogP contribution in [-0.4, -0.2) is 0 Å². The number of hydrogen-bond donors (Lipinski definition) is 0. The van der Waals surface area contributed by atoms with Gasteiger partial charge in [-0.25, -0.2) is 0 Å². The Kier molecular flexibility index (Phi) is 2.46. The van der Waals surface area contributed by atoms with Gasteiger partial charge in [-0.05, 0) is 46.9 Å². The zero-order valence-electron chi connectivity index (χ0n) is 7.36. The van der Waals surface area contributed by atoms with Gasteiger partial charge in [-0.1, -0.05) is 24.3 Å². The lowest BCUT2D eigenvalue weighted by molar-refractivity contribution is 1.27. The molecule has 13 heavy (non-hydrogen) atoms. The second kappa shape index (κ2) is 3.75. The largest absolute Gasteiger partial charge is 0.152 e. The van der Waals surface area contributed by atoms with E-state index in [1.807, 2.05) is 0 Å². The van der Waals surface area contributed by atoms with E-state index in [4.69, 9.17) is 0 Å². The Morgan fingerprint density at radius 3 is 2.69 bits per heavy atom. The highest BCUT2D eigenvalue weighted by Gasteiger charge is 2.01. The van der Waals surface area contributed by atoms with Gasteiger partial charge < -0.3 is 0 Å². The van der Waals surface area contributed by atoms with Crippen molar-refractivity contribution in [1.82, 2.24) is 0 Å². The molecule has 0 nitrogen and oxygen atoms in total. The highest BCUT2D eigenvalue weighted by molar-refractivity contribution is 7.08. The van der Waals surface area contributed by atoms with Gasteiger partial charge in [-0.15, -0.1) is 0 Å². The van der Waals surface area contributed by atoms with Crippen molar-refractivity contribution in [2.75, 3.05) is 0 Å². The Bertz CT molecular complexity index is 374. The summed E-state index contributed by atoms with van der Waals surface area (Å²) in [6.45, 7) is 3.93. The van der Waals surface area contributed by atoms with Crippen LogP contribution in [0.2, 0.25) is 0 Å². The Hall–Kier alpha value is -1.08. The standard InChI is InChI=1S/C12H11S/c1-2-10-5-3-4-6-12(10)11-7-8-13-9-11/h3-9H,1-2H2. The summed E-state index contributed by atoms with van der Waals surface area (Å²) in [5.74, 6) is 0. The Morgan fingerprint density at radius 1 is 1.15 bits per heavy atom. The zero-order valence-corrected chi connectivity index (χ0v) is 8.18. The lowest BCUT2D eigenvalue weighted by atomic mass is 10.0. The van der Waals surface area contributed by atoms with E-state index in [1.165, 1.54) is 16.7 Å². The monoisotopic (exact) mass is 187 g/mol. The van der Waals surface area contributed by atoms with Crippen LogP contribution in [0, 0.1) is 6.92 Å². The Labute approximate surface area is 82.9 Å². The summed E-state index contributed by atoms with van der Waals surface area (Å²) in [4.78, 5) is 0. The summed E-state index contributed by atoms with van der Waals surface area (Å²) in [7, 11) is 0. The predicted octanol–water partition coefficient (Wildman–Crippen LogP) is 3.79. The smallest absolute Gasteiger partial charge is 0.00146 e. The first-order chi connectivity index (χ1) is 6.42. The van der Waals surface area contributed by atoms with E-state index < -0.39 is 0 Å². The van der Waals surface area contributed by atoms with Crippen molar-refractivity contribution in [1.29, 1.82) is 0 Å². The molecule has 0 N–H and O–H groups in total. The molecule has 1 heterocycles. The van der Waals surface area contributed by atoms with Crippen LogP contribution in [-0.2, 0) is 6.42 Å². The summed E-state index contributed by atoms with van der Waals surface area (Å²) in [5.41, 5.74) is 3.95. The minimum absolute atomic E-state index is 0.853. The van der Waals surface area contributed by atoms with Crippen LogP contribution in [0.15, 0.2) is 41.1 Å². The molecule has 0 atom stereocenters. The molecule has 1 aromatic carbocycles. The van der Waals surface area contributed by atoms with Crippen molar-refractivity contribution in [3.05, 3.63) is 53.6 Å². The van der Waals surface area contributed by atoms with Gasteiger partial charge in [-0.3, -0.25) is 0 Å². The van der Waals surface area contributed by atoms with Gasteiger partial charge in [0.25, 0.3) is 0 Å². The van der Waals surface area contributed by atoms with E-state index in [0.29, 0.717) is 0 Å².